The number of anilines is 1. The molecule has 0 aliphatic carbocycles. The summed E-state index contributed by atoms with van der Waals surface area (Å²) in [6.07, 6.45) is 3.12. The third-order valence-corrected chi connectivity index (χ3v) is 5.57. The molecule has 2 N–H and O–H groups in total. The van der Waals surface area contributed by atoms with Gasteiger partial charge in [0.1, 0.15) is 16.4 Å². The van der Waals surface area contributed by atoms with E-state index in [0.717, 1.165) is 22.2 Å². The fraction of sp³-hybridized carbons (Fsp3) is 0.0435. The molecule has 0 atom stereocenters. The summed E-state index contributed by atoms with van der Waals surface area (Å²) in [5.41, 5.74) is 5.82. The van der Waals surface area contributed by atoms with Crippen molar-refractivity contribution in [3.8, 4) is 22.7 Å². The molecule has 0 unspecified atom stereocenters. The van der Waals surface area contributed by atoms with Gasteiger partial charge in [0.05, 0.1) is 16.1 Å². The van der Waals surface area contributed by atoms with Gasteiger partial charge < -0.3 is 9.73 Å². The van der Waals surface area contributed by atoms with Gasteiger partial charge >= 0.3 is 0 Å². The summed E-state index contributed by atoms with van der Waals surface area (Å²) in [6, 6.07) is 14.6. The standard InChI is InChI=1S/C23H15Cl2N5O2/c1-12-2-7-19-18(8-12)29-23(32-19)16-11-27-30-20(16)13-3-5-15(6-4-13)28-22(31)14-9-17(24)21(25)26-10-14/h2-11H,1H3,(H,27,30)(H,28,31). The predicted octanol–water partition coefficient (Wildman–Crippen LogP) is 6.15. The molecule has 0 aliphatic rings. The van der Waals surface area contributed by atoms with Crippen LogP contribution in [0.5, 0.6) is 0 Å². The van der Waals surface area contributed by atoms with Crippen molar-refractivity contribution in [3.63, 3.8) is 0 Å². The van der Waals surface area contributed by atoms with Crippen molar-refractivity contribution in [1.29, 1.82) is 0 Å². The quantitative estimate of drug-likeness (QED) is 0.311. The van der Waals surface area contributed by atoms with E-state index in [-0.39, 0.29) is 16.1 Å². The van der Waals surface area contributed by atoms with Crippen LogP contribution in [0.2, 0.25) is 10.2 Å². The normalized spacial score (nSPS) is 11.1. The van der Waals surface area contributed by atoms with Gasteiger partial charge in [-0.15, -0.1) is 0 Å². The number of halogens is 2. The van der Waals surface area contributed by atoms with E-state index >= 15 is 0 Å². The highest BCUT2D eigenvalue weighted by molar-refractivity contribution is 6.41. The Kier molecular flexibility index (Phi) is 5.13. The molecule has 5 rings (SSSR count). The molecular weight excluding hydrogens is 449 g/mol. The fourth-order valence-corrected chi connectivity index (χ4v) is 3.56. The van der Waals surface area contributed by atoms with Gasteiger partial charge in [-0.25, -0.2) is 9.97 Å². The summed E-state index contributed by atoms with van der Waals surface area (Å²) in [4.78, 5) is 20.9. The van der Waals surface area contributed by atoms with Gasteiger partial charge in [0.25, 0.3) is 5.91 Å². The lowest BCUT2D eigenvalue weighted by atomic mass is 10.1. The Morgan fingerprint density at radius 1 is 1.09 bits per heavy atom. The third kappa shape index (κ3) is 3.84. The van der Waals surface area contributed by atoms with Gasteiger partial charge in [-0.2, -0.15) is 5.10 Å². The molecule has 0 aliphatic heterocycles. The van der Waals surface area contributed by atoms with Crippen LogP contribution in [0.1, 0.15) is 15.9 Å². The molecule has 3 heterocycles. The summed E-state index contributed by atoms with van der Waals surface area (Å²) >= 11 is 11.7. The number of amides is 1. The number of hydrogen-bond acceptors (Lipinski definition) is 5. The second kappa shape index (κ2) is 8.11. The van der Waals surface area contributed by atoms with E-state index in [4.69, 9.17) is 27.6 Å². The first-order valence-electron chi connectivity index (χ1n) is 9.62. The zero-order valence-electron chi connectivity index (χ0n) is 16.7. The Balaban J connectivity index is 1.39. The average molecular weight is 464 g/mol. The van der Waals surface area contributed by atoms with Crippen LogP contribution in [0.25, 0.3) is 33.8 Å². The summed E-state index contributed by atoms with van der Waals surface area (Å²) in [6.45, 7) is 2.01. The van der Waals surface area contributed by atoms with Gasteiger partial charge in [-0.3, -0.25) is 9.89 Å². The second-order valence-corrected chi connectivity index (χ2v) is 7.93. The van der Waals surface area contributed by atoms with Crippen LogP contribution in [-0.2, 0) is 0 Å². The lowest BCUT2D eigenvalue weighted by Gasteiger charge is -2.07. The number of rotatable bonds is 4. The highest BCUT2D eigenvalue weighted by atomic mass is 35.5. The van der Waals surface area contributed by atoms with Gasteiger partial charge in [-0.05, 0) is 42.8 Å². The smallest absolute Gasteiger partial charge is 0.257 e. The van der Waals surface area contributed by atoms with Crippen molar-refractivity contribution in [1.82, 2.24) is 20.2 Å². The number of aromatic nitrogens is 4. The van der Waals surface area contributed by atoms with E-state index in [1.807, 2.05) is 37.3 Å². The number of carbonyl (C=O) groups is 1. The van der Waals surface area contributed by atoms with Gasteiger partial charge in [0, 0.05) is 23.6 Å². The Bertz CT molecular complexity index is 1460. The number of oxazole rings is 1. The Morgan fingerprint density at radius 3 is 2.69 bits per heavy atom. The summed E-state index contributed by atoms with van der Waals surface area (Å²) < 4.78 is 5.92. The average Bonchev–Trinajstić information content (AvgIpc) is 3.42. The minimum absolute atomic E-state index is 0.149. The maximum Gasteiger partial charge on any atom is 0.257 e. The summed E-state index contributed by atoms with van der Waals surface area (Å²) in [5, 5.41) is 10.4. The second-order valence-electron chi connectivity index (χ2n) is 7.17. The zero-order valence-corrected chi connectivity index (χ0v) is 18.2. The van der Waals surface area contributed by atoms with Crippen LogP contribution >= 0.6 is 23.2 Å². The van der Waals surface area contributed by atoms with Gasteiger partial charge in [0.15, 0.2) is 5.58 Å². The molecule has 0 radical (unpaired) electrons. The summed E-state index contributed by atoms with van der Waals surface area (Å²) in [7, 11) is 0. The molecule has 158 valence electrons. The molecule has 0 spiro atoms. The monoisotopic (exact) mass is 463 g/mol. The number of aryl methyl sites for hydroxylation is 1. The molecule has 3 aromatic heterocycles. The van der Waals surface area contributed by atoms with E-state index in [9.17, 15) is 4.79 Å². The Labute approximate surface area is 192 Å². The first kappa shape index (κ1) is 20.2. The molecule has 0 bridgehead atoms. The van der Waals surface area contributed by atoms with E-state index in [1.165, 1.54) is 12.3 Å². The molecule has 0 fully saturated rings. The molecule has 1 amide bonds. The maximum atomic E-state index is 12.4. The fourth-order valence-electron chi connectivity index (χ4n) is 3.29. The van der Waals surface area contributed by atoms with E-state index in [0.29, 0.717) is 28.4 Å². The zero-order chi connectivity index (χ0) is 22.2. The highest BCUT2D eigenvalue weighted by Crippen LogP contribution is 2.32. The topological polar surface area (TPSA) is 96.7 Å². The third-order valence-electron chi connectivity index (χ3n) is 4.89. The number of nitrogens with one attached hydrogen (secondary N) is 2. The Hall–Kier alpha value is -3.68. The minimum Gasteiger partial charge on any atom is -0.436 e. The van der Waals surface area contributed by atoms with E-state index in [1.54, 1.807) is 18.3 Å². The van der Waals surface area contributed by atoms with Crippen LogP contribution in [0.3, 0.4) is 0 Å². The maximum absolute atomic E-state index is 12.4. The van der Waals surface area contributed by atoms with Crippen molar-refractivity contribution in [3.05, 3.63) is 82.2 Å². The minimum atomic E-state index is -0.342. The van der Waals surface area contributed by atoms with E-state index in [2.05, 4.69) is 25.5 Å². The molecular formula is C23H15Cl2N5O2. The molecule has 0 saturated carbocycles. The number of nitrogens with zero attached hydrogens (tertiary/aromatic N) is 3. The number of hydrogen-bond donors (Lipinski definition) is 2. The molecule has 2 aromatic carbocycles. The van der Waals surface area contributed by atoms with Crippen molar-refractivity contribution in [2.24, 2.45) is 0 Å². The predicted molar refractivity (Wildman–Crippen MR) is 124 cm³/mol. The first-order valence-corrected chi connectivity index (χ1v) is 10.4. The first-order chi connectivity index (χ1) is 15.5. The number of H-pyrrole nitrogens is 1. The lowest BCUT2D eigenvalue weighted by molar-refractivity contribution is 0.102. The molecule has 7 nitrogen and oxygen atoms in total. The van der Waals surface area contributed by atoms with Crippen LogP contribution in [0.4, 0.5) is 5.69 Å². The number of pyridine rings is 1. The molecule has 9 heteroatoms. The number of fused-ring (bicyclic) bond motifs is 1. The van der Waals surface area contributed by atoms with Crippen molar-refractivity contribution in [2.45, 2.75) is 6.92 Å². The molecule has 0 saturated heterocycles. The van der Waals surface area contributed by atoms with Crippen LogP contribution in [0, 0.1) is 6.92 Å². The highest BCUT2D eigenvalue weighted by Gasteiger charge is 2.17. The van der Waals surface area contributed by atoms with Crippen molar-refractivity contribution < 1.29 is 9.21 Å². The number of carbonyl (C=O) groups excluding carboxylic acids is 1. The SMILES string of the molecule is Cc1ccc2oc(-c3c[nH]nc3-c3ccc(NC(=O)c4cnc(Cl)c(Cl)c4)cc3)nc2c1. The van der Waals surface area contributed by atoms with E-state index < -0.39 is 0 Å². The van der Waals surface area contributed by atoms with Gasteiger partial charge in [0.2, 0.25) is 5.89 Å². The summed E-state index contributed by atoms with van der Waals surface area (Å²) in [5.74, 6) is 0.143. The van der Waals surface area contributed by atoms with Crippen LogP contribution < -0.4 is 5.32 Å². The largest absolute Gasteiger partial charge is 0.436 e. The van der Waals surface area contributed by atoms with Crippen molar-refractivity contribution >= 4 is 45.9 Å². The van der Waals surface area contributed by atoms with Crippen LogP contribution in [-0.4, -0.2) is 26.1 Å². The molecule has 5 aromatic rings. The van der Waals surface area contributed by atoms with Crippen molar-refractivity contribution in [2.75, 3.05) is 5.32 Å². The molecule has 32 heavy (non-hydrogen) atoms. The van der Waals surface area contributed by atoms with Gasteiger partial charge in [-0.1, -0.05) is 41.4 Å². The number of aromatic amines is 1. The van der Waals surface area contributed by atoms with Crippen LogP contribution in [0.15, 0.2) is 65.3 Å². The number of benzene rings is 2. The lowest BCUT2D eigenvalue weighted by Crippen LogP contribution is -2.12. The Morgan fingerprint density at radius 2 is 1.91 bits per heavy atom.